The van der Waals surface area contributed by atoms with Crippen LogP contribution in [0, 0.1) is 0 Å². The van der Waals surface area contributed by atoms with E-state index in [4.69, 9.17) is 14.9 Å². The van der Waals surface area contributed by atoms with Crippen molar-refractivity contribution < 1.29 is 30.0 Å². The number of aliphatic hydroxyl groups excluding tert-OH is 3. The van der Waals surface area contributed by atoms with Crippen molar-refractivity contribution in [1.82, 2.24) is 0 Å². The molecule has 1 rings (SSSR count). The first-order chi connectivity index (χ1) is 8.52. The van der Waals surface area contributed by atoms with Gasteiger partial charge in [-0.25, -0.2) is 4.79 Å². The van der Waals surface area contributed by atoms with E-state index < -0.39 is 18.2 Å². The van der Waals surface area contributed by atoms with Crippen molar-refractivity contribution >= 4 is 5.97 Å². The third-order valence-corrected chi connectivity index (χ3v) is 2.60. The van der Waals surface area contributed by atoms with Crippen LogP contribution in [0.1, 0.15) is 28.4 Å². The summed E-state index contributed by atoms with van der Waals surface area (Å²) < 4.78 is 4.91. The highest BCUT2D eigenvalue weighted by Crippen LogP contribution is 2.29. The summed E-state index contributed by atoms with van der Waals surface area (Å²) in [6.45, 7) is -0.301. The second-order valence-corrected chi connectivity index (χ2v) is 3.75. The average Bonchev–Trinajstić information content (AvgIpc) is 2.36. The standard InChI is InChI=1S/C12H16O6/c1-18-9-4-2-3-7(10(9)12(16)17)11(15)8(14)5-6-13/h2-4,8,11,13-15H,5-6H2,1H3,(H,16,17). The van der Waals surface area contributed by atoms with Gasteiger partial charge in [-0.05, 0) is 12.5 Å². The average molecular weight is 256 g/mol. The highest BCUT2D eigenvalue weighted by Gasteiger charge is 2.25. The fraction of sp³-hybridized carbons (Fsp3) is 0.417. The number of hydrogen-bond donors (Lipinski definition) is 4. The third kappa shape index (κ3) is 2.98. The Hall–Kier alpha value is -1.63. The van der Waals surface area contributed by atoms with Crippen LogP contribution in [-0.2, 0) is 0 Å². The van der Waals surface area contributed by atoms with Crippen LogP contribution >= 0.6 is 0 Å². The summed E-state index contributed by atoms with van der Waals surface area (Å²) in [5.41, 5.74) is -0.132. The van der Waals surface area contributed by atoms with Crippen molar-refractivity contribution in [3.05, 3.63) is 29.3 Å². The fourth-order valence-electron chi connectivity index (χ4n) is 1.69. The predicted octanol–water partition coefficient (Wildman–Crippen LogP) is 0.170. The lowest BCUT2D eigenvalue weighted by Crippen LogP contribution is -2.22. The third-order valence-electron chi connectivity index (χ3n) is 2.60. The van der Waals surface area contributed by atoms with E-state index in [2.05, 4.69) is 0 Å². The molecule has 0 bridgehead atoms. The summed E-state index contributed by atoms with van der Waals surface area (Å²) in [6.07, 6.45) is -2.67. The van der Waals surface area contributed by atoms with E-state index in [0.717, 1.165) is 0 Å². The van der Waals surface area contributed by atoms with E-state index in [1.807, 2.05) is 0 Å². The topological polar surface area (TPSA) is 107 Å². The molecule has 0 radical (unpaired) electrons. The van der Waals surface area contributed by atoms with Crippen molar-refractivity contribution in [3.8, 4) is 5.75 Å². The van der Waals surface area contributed by atoms with E-state index in [9.17, 15) is 15.0 Å². The van der Waals surface area contributed by atoms with Crippen molar-refractivity contribution in [2.24, 2.45) is 0 Å². The Morgan fingerprint density at radius 2 is 2.06 bits per heavy atom. The lowest BCUT2D eigenvalue weighted by Gasteiger charge is -2.20. The number of benzene rings is 1. The highest BCUT2D eigenvalue weighted by atomic mass is 16.5. The van der Waals surface area contributed by atoms with Gasteiger partial charge in [0, 0.05) is 12.2 Å². The maximum Gasteiger partial charge on any atom is 0.339 e. The lowest BCUT2D eigenvalue weighted by atomic mass is 9.96. The number of carboxylic acid groups (broad SMARTS) is 1. The minimum atomic E-state index is -1.39. The Morgan fingerprint density at radius 3 is 2.56 bits per heavy atom. The van der Waals surface area contributed by atoms with E-state index in [0.29, 0.717) is 0 Å². The summed E-state index contributed by atoms with van der Waals surface area (Å²) in [4.78, 5) is 11.2. The van der Waals surface area contributed by atoms with Gasteiger partial charge in [0.2, 0.25) is 0 Å². The van der Waals surface area contributed by atoms with Crippen LogP contribution in [-0.4, -0.2) is 46.2 Å². The van der Waals surface area contributed by atoms with Gasteiger partial charge in [-0.15, -0.1) is 0 Å². The Bertz CT molecular complexity index is 417. The van der Waals surface area contributed by atoms with Gasteiger partial charge in [0.1, 0.15) is 17.4 Å². The molecular formula is C12H16O6. The fourth-order valence-corrected chi connectivity index (χ4v) is 1.69. The van der Waals surface area contributed by atoms with Crippen molar-refractivity contribution in [2.75, 3.05) is 13.7 Å². The molecular weight excluding hydrogens is 240 g/mol. The Morgan fingerprint density at radius 1 is 1.39 bits per heavy atom. The minimum absolute atomic E-state index is 0.0442. The molecule has 0 fully saturated rings. The maximum absolute atomic E-state index is 11.2. The molecule has 0 spiro atoms. The quantitative estimate of drug-likeness (QED) is 0.578. The molecule has 4 N–H and O–H groups in total. The molecule has 0 aliphatic rings. The number of carbonyl (C=O) groups is 1. The Kier molecular flexibility index (Phi) is 5.08. The summed E-state index contributed by atoms with van der Waals surface area (Å²) in [5, 5.41) is 37.3. The first-order valence-electron chi connectivity index (χ1n) is 5.40. The number of aromatic carboxylic acids is 1. The zero-order valence-electron chi connectivity index (χ0n) is 9.91. The molecule has 1 aromatic carbocycles. The number of carboxylic acids is 1. The molecule has 0 aliphatic heterocycles. The van der Waals surface area contributed by atoms with Crippen molar-refractivity contribution in [1.29, 1.82) is 0 Å². The first-order valence-corrected chi connectivity index (χ1v) is 5.40. The molecule has 18 heavy (non-hydrogen) atoms. The SMILES string of the molecule is COc1cccc(C(O)C(O)CCO)c1C(=O)O. The zero-order chi connectivity index (χ0) is 13.7. The molecule has 0 amide bonds. The monoisotopic (exact) mass is 256 g/mol. The highest BCUT2D eigenvalue weighted by molar-refractivity contribution is 5.92. The van der Waals surface area contributed by atoms with Crippen LogP contribution in [0.25, 0.3) is 0 Å². The molecule has 0 saturated carbocycles. The molecule has 6 nitrogen and oxygen atoms in total. The summed E-state index contributed by atoms with van der Waals surface area (Å²) in [7, 11) is 1.32. The molecule has 0 heterocycles. The largest absolute Gasteiger partial charge is 0.496 e. The van der Waals surface area contributed by atoms with Gasteiger partial charge in [-0.2, -0.15) is 0 Å². The number of rotatable bonds is 6. The normalized spacial score (nSPS) is 14.0. The van der Waals surface area contributed by atoms with Gasteiger partial charge in [0.05, 0.1) is 13.2 Å². The summed E-state index contributed by atoms with van der Waals surface area (Å²) in [6, 6.07) is 4.38. The number of ether oxygens (including phenoxy) is 1. The molecule has 1 aromatic rings. The van der Waals surface area contributed by atoms with E-state index in [1.54, 1.807) is 0 Å². The summed E-state index contributed by atoms with van der Waals surface area (Å²) in [5.74, 6) is -1.15. The molecule has 0 aromatic heterocycles. The van der Waals surface area contributed by atoms with Crippen LogP contribution in [0.2, 0.25) is 0 Å². The smallest absolute Gasteiger partial charge is 0.339 e. The molecule has 6 heteroatoms. The number of hydrogen-bond acceptors (Lipinski definition) is 5. The minimum Gasteiger partial charge on any atom is -0.496 e. The lowest BCUT2D eigenvalue weighted by molar-refractivity contribution is 0.00339. The van der Waals surface area contributed by atoms with Gasteiger partial charge in [-0.1, -0.05) is 12.1 Å². The van der Waals surface area contributed by atoms with E-state index in [1.165, 1.54) is 25.3 Å². The van der Waals surface area contributed by atoms with Crippen molar-refractivity contribution in [2.45, 2.75) is 18.6 Å². The number of methoxy groups -OCH3 is 1. The zero-order valence-corrected chi connectivity index (χ0v) is 9.91. The Balaban J connectivity index is 3.19. The van der Waals surface area contributed by atoms with Crippen molar-refractivity contribution in [3.63, 3.8) is 0 Å². The van der Waals surface area contributed by atoms with Crippen LogP contribution in [0.5, 0.6) is 5.75 Å². The van der Waals surface area contributed by atoms with Gasteiger partial charge in [0.15, 0.2) is 0 Å². The van der Waals surface area contributed by atoms with Crippen LogP contribution < -0.4 is 4.74 Å². The maximum atomic E-state index is 11.2. The van der Waals surface area contributed by atoms with Gasteiger partial charge in [0.25, 0.3) is 0 Å². The van der Waals surface area contributed by atoms with Gasteiger partial charge >= 0.3 is 5.97 Å². The molecule has 0 aliphatic carbocycles. The van der Waals surface area contributed by atoms with Crippen LogP contribution in [0.3, 0.4) is 0 Å². The first kappa shape index (κ1) is 14.4. The molecule has 100 valence electrons. The summed E-state index contributed by atoms with van der Waals surface area (Å²) >= 11 is 0. The van der Waals surface area contributed by atoms with Gasteiger partial charge in [-0.3, -0.25) is 0 Å². The van der Waals surface area contributed by atoms with E-state index in [-0.39, 0.29) is 29.9 Å². The van der Waals surface area contributed by atoms with Crippen LogP contribution in [0.15, 0.2) is 18.2 Å². The molecule has 2 unspecified atom stereocenters. The molecule has 0 saturated heterocycles. The predicted molar refractivity (Wildman–Crippen MR) is 62.6 cm³/mol. The number of aliphatic hydroxyl groups is 3. The second kappa shape index (κ2) is 6.34. The van der Waals surface area contributed by atoms with E-state index >= 15 is 0 Å². The molecule has 2 atom stereocenters. The van der Waals surface area contributed by atoms with Gasteiger partial charge < -0.3 is 25.2 Å². The van der Waals surface area contributed by atoms with Crippen LogP contribution in [0.4, 0.5) is 0 Å². The Labute approximate surface area is 104 Å². The second-order valence-electron chi connectivity index (χ2n) is 3.75.